The monoisotopic (exact) mass is 520 g/mol. The van der Waals surface area contributed by atoms with Crippen molar-refractivity contribution in [3.05, 3.63) is 70.2 Å². The van der Waals surface area contributed by atoms with Crippen LogP contribution in [0.25, 0.3) is 10.8 Å². The molecule has 0 radical (unpaired) electrons. The van der Waals surface area contributed by atoms with Crippen molar-refractivity contribution in [3.8, 4) is 11.5 Å². The van der Waals surface area contributed by atoms with Gasteiger partial charge < -0.3 is 9.47 Å². The molecule has 2 saturated carbocycles. The molecule has 3 atom stereocenters. The summed E-state index contributed by atoms with van der Waals surface area (Å²) in [4.78, 5) is 12.6. The first-order valence-corrected chi connectivity index (χ1v) is 12.6. The molecule has 0 unspecified atom stereocenters. The van der Waals surface area contributed by atoms with Gasteiger partial charge in [0.1, 0.15) is 6.61 Å². The van der Waals surface area contributed by atoms with Crippen molar-refractivity contribution in [3.63, 3.8) is 0 Å². The summed E-state index contributed by atoms with van der Waals surface area (Å²) in [5.74, 6) is 1.88. The molecule has 176 valence electrons. The quantitative estimate of drug-likeness (QED) is 0.287. The van der Waals surface area contributed by atoms with Crippen molar-refractivity contribution in [2.24, 2.45) is 22.4 Å². The highest BCUT2D eigenvalue weighted by Gasteiger charge is 2.64. The van der Waals surface area contributed by atoms with E-state index in [9.17, 15) is 4.79 Å². The lowest BCUT2D eigenvalue weighted by Gasteiger charge is -2.15. The number of carbonyl (C=O) groups is 1. The maximum atomic E-state index is 12.6. The van der Waals surface area contributed by atoms with Crippen LogP contribution in [-0.2, 0) is 11.4 Å². The lowest BCUT2D eigenvalue weighted by atomic mass is 9.90. The molecule has 6 heteroatoms. The maximum absolute atomic E-state index is 12.6. The number of methoxy groups -OCH3 is 1. The number of nitrogens with one attached hydrogen (secondary N) is 1. The molecule has 3 aromatic carbocycles. The Balaban J connectivity index is 1.26. The Kier molecular flexibility index (Phi) is 6.34. The summed E-state index contributed by atoms with van der Waals surface area (Å²) in [5, 5.41) is 6.58. The average Bonchev–Trinajstić information content (AvgIpc) is 3.48. The van der Waals surface area contributed by atoms with Crippen LogP contribution in [-0.4, -0.2) is 19.2 Å². The minimum atomic E-state index is 0.0340. The molecule has 0 spiro atoms. The van der Waals surface area contributed by atoms with Gasteiger partial charge in [-0.1, -0.05) is 62.2 Å². The number of hydrogen-bond donors (Lipinski definition) is 1. The fourth-order valence-electron chi connectivity index (χ4n) is 5.61. The van der Waals surface area contributed by atoms with Crippen LogP contribution in [0.3, 0.4) is 0 Å². The molecule has 0 aliphatic heterocycles. The Morgan fingerprint density at radius 2 is 2.03 bits per heavy atom. The normalized spacial score (nSPS) is 23.5. The third-order valence-electron chi connectivity index (χ3n) is 7.51. The van der Waals surface area contributed by atoms with E-state index >= 15 is 0 Å². The Bertz CT molecular complexity index is 1250. The van der Waals surface area contributed by atoms with Crippen molar-refractivity contribution in [1.29, 1.82) is 0 Å². The molecule has 5 rings (SSSR count). The second kappa shape index (κ2) is 9.41. The fourth-order valence-corrected chi connectivity index (χ4v) is 6.19. The van der Waals surface area contributed by atoms with Gasteiger partial charge in [-0.2, -0.15) is 5.10 Å². The van der Waals surface area contributed by atoms with Crippen molar-refractivity contribution >= 4 is 38.8 Å². The van der Waals surface area contributed by atoms with E-state index < -0.39 is 0 Å². The number of halogens is 1. The number of amides is 1. The predicted molar refractivity (Wildman–Crippen MR) is 138 cm³/mol. The van der Waals surface area contributed by atoms with E-state index in [4.69, 9.17) is 9.47 Å². The first kappa shape index (κ1) is 22.9. The molecule has 2 aliphatic rings. The highest BCUT2D eigenvalue weighted by molar-refractivity contribution is 9.10. The maximum Gasteiger partial charge on any atom is 0.244 e. The molecule has 1 amide bonds. The lowest BCUT2D eigenvalue weighted by molar-refractivity contribution is -0.123. The second-order valence-corrected chi connectivity index (χ2v) is 10.4. The van der Waals surface area contributed by atoms with Gasteiger partial charge >= 0.3 is 0 Å². The van der Waals surface area contributed by atoms with E-state index in [1.165, 1.54) is 23.6 Å². The molecule has 0 bridgehead atoms. The highest BCUT2D eigenvalue weighted by atomic mass is 79.9. The number of fused-ring (bicyclic) bond motifs is 2. The van der Waals surface area contributed by atoms with Crippen LogP contribution in [0.1, 0.15) is 43.7 Å². The highest BCUT2D eigenvalue weighted by Crippen LogP contribution is 2.66. The number of benzene rings is 3. The van der Waals surface area contributed by atoms with Crippen LogP contribution in [0.4, 0.5) is 0 Å². The van der Waals surface area contributed by atoms with Gasteiger partial charge in [-0.05, 0) is 74.1 Å². The number of rotatable bonds is 7. The zero-order valence-electron chi connectivity index (χ0n) is 19.5. The standard InChI is InChI=1S/C28H29BrN2O3/c1-28-13-6-5-12-22(28)25(28)27(32)31-30-16-18-14-23(29)26(24(15-18)33-2)34-17-20-10-7-9-19-8-3-4-11-21(19)20/h3-4,7-11,14-16,22,25H,5-6,12-13,17H2,1-2H3,(H,31,32)/b30-16-/t22-,25+,28+/m0/s1. The smallest absolute Gasteiger partial charge is 0.244 e. The largest absolute Gasteiger partial charge is 0.493 e. The number of nitrogens with zero attached hydrogens (tertiary/aromatic N) is 1. The second-order valence-electron chi connectivity index (χ2n) is 9.53. The number of hydrogen-bond acceptors (Lipinski definition) is 4. The first-order chi connectivity index (χ1) is 16.5. The van der Waals surface area contributed by atoms with Crippen molar-refractivity contribution in [2.75, 3.05) is 7.11 Å². The van der Waals surface area contributed by atoms with E-state index in [2.05, 4.69) is 57.6 Å². The van der Waals surface area contributed by atoms with Crippen molar-refractivity contribution < 1.29 is 14.3 Å². The van der Waals surface area contributed by atoms with Crippen LogP contribution in [0.15, 0.2) is 64.2 Å². The molecule has 0 heterocycles. The summed E-state index contributed by atoms with van der Waals surface area (Å²) in [6, 6.07) is 18.2. The van der Waals surface area contributed by atoms with Crippen LogP contribution in [0.5, 0.6) is 11.5 Å². The SMILES string of the molecule is COc1cc(/C=N\NC(=O)[C@H]2[C@@H]3CCCC[C@]32C)cc(Br)c1OCc1cccc2ccccc12. The minimum Gasteiger partial charge on any atom is -0.493 e. The third-order valence-corrected chi connectivity index (χ3v) is 8.09. The fraction of sp³-hybridized carbons (Fsp3) is 0.357. The van der Waals surface area contributed by atoms with E-state index in [0.717, 1.165) is 28.4 Å². The van der Waals surface area contributed by atoms with Gasteiger partial charge in [0.05, 0.1) is 17.8 Å². The minimum absolute atomic E-state index is 0.0340. The average molecular weight is 521 g/mol. The Hall–Kier alpha value is -2.86. The van der Waals surface area contributed by atoms with E-state index in [1.807, 2.05) is 30.3 Å². The van der Waals surface area contributed by atoms with E-state index in [0.29, 0.717) is 24.0 Å². The molecule has 5 nitrogen and oxygen atoms in total. The molecule has 0 aromatic heterocycles. The summed E-state index contributed by atoms with van der Waals surface area (Å²) in [6.07, 6.45) is 6.40. The third kappa shape index (κ3) is 4.31. The molecule has 1 N–H and O–H groups in total. The Morgan fingerprint density at radius 1 is 1.21 bits per heavy atom. The molecule has 2 aliphatic carbocycles. The summed E-state index contributed by atoms with van der Waals surface area (Å²) in [7, 11) is 1.62. The number of carbonyl (C=O) groups excluding carboxylic acids is 1. The molecular weight excluding hydrogens is 492 g/mol. The van der Waals surface area contributed by atoms with Crippen LogP contribution in [0.2, 0.25) is 0 Å². The Labute approximate surface area is 208 Å². The van der Waals surface area contributed by atoms with Crippen LogP contribution < -0.4 is 14.9 Å². The summed E-state index contributed by atoms with van der Waals surface area (Å²) in [5.41, 5.74) is 4.84. The van der Waals surface area contributed by atoms with Gasteiger partial charge in [0, 0.05) is 5.92 Å². The zero-order valence-corrected chi connectivity index (χ0v) is 21.1. The van der Waals surface area contributed by atoms with Gasteiger partial charge in [-0.3, -0.25) is 4.79 Å². The van der Waals surface area contributed by atoms with Gasteiger partial charge in [0.15, 0.2) is 11.5 Å². The summed E-state index contributed by atoms with van der Waals surface area (Å²) in [6.45, 7) is 2.66. The van der Waals surface area contributed by atoms with Crippen molar-refractivity contribution in [2.45, 2.75) is 39.2 Å². The van der Waals surface area contributed by atoms with Gasteiger partial charge in [-0.15, -0.1) is 0 Å². The molecular formula is C28H29BrN2O3. The summed E-state index contributed by atoms with van der Waals surface area (Å²) >= 11 is 3.61. The van der Waals surface area contributed by atoms with Gasteiger partial charge in [0.2, 0.25) is 5.91 Å². The van der Waals surface area contributed by atoms with Crippen LogP contribution >= 0.6 is 15.9 Å². The van der Waals surface area contributed by atoms with Crippen LogP contribution in [0, 0.1) is 17.3 Å². The molecule has 34 heavy (non-hydrogen) atoms. The molecule has 2 fully saturated rings. The molecule has 0 saturated heterocycles. The van der Waals surface area contributed by atoms with Crippen molar-refractivity contribution in [1.82, 2.24) is 5.43 Å². The topological polar surface area (TPSA) is 59.9 Å². The van der Waals surface area contributed by atoms with E-state index in [1.54, 1.807) is 13.3 Å². The van der Waals surface area contributed by atoms with E-state index in [-0.39, 0.29) is 17.2 Å². The Morgan fingerprint density at radius 3 is 2.82 bits per heavy atom. The molecule has 3 aromatic rings. The zero-order chi connectivity index (χ0) is 23.7. The lowest BCUT2D eigenvalue weighted by Crippen LogP contribution is -2.22. The number of ether oxygens (including phenoxy) is 2. The van der Waals surface area contributed by atoms with Gasteiger partial charge in [0.25, 0.3) is 0 Å². The predicted octanol–water partition coefficient (Wildman–Crippen LogP) is 6.47. The van der Waals surface area contributed by atoms with Gasteiger partial charge in [-0.25, -0.2) is 5.43 Å². The first-order valence-electron chi connectivity index (χ1n) is 11.8. The number of hydrazone groups is 1. The summed E-state index contributed by atoms with van der Waals surface area (Å²) < 4.78 is 12.5.